The predicted molar refractivity (Wildman–Crippen MR) is 87.9 cm³/mol. The van der Waals surface area contributed by atoms with Crippen LogP contribution in [0.1, 0.15) is 36.4 Å². The molecule has 114 valence electrons. The lowest BCUT2D eigenvalue weighted by atomic mass is 9.96. The Bertz CT molecular complexity index is 584. The molecule has 0 amide bonds. The van der Waals surface area contributed by atoms with Gasteiger partial charge in [-0.1, -0.05) is 46.2 Å². The lowest BCUT2D eigenvalue weighted by molar-refractivity contribution is 0.196. The van der Waals surface area contributed by atoms with Crippen molar-refractivity contribution in [2.75, 3.05) is 7.05 Å². The van der Waals surface area contributed by atoms with Gasteiger partial charge in [-0.3, -0.25) is 4.90 Å². The van der Waals surface area contributed by atoms with Crippen LogP contribution in [0.2, 0.25) is 0 Å². The molecule has 4 nitrogen and oxygen atoms in total. The van der Waals surface area contributed by atoms with Crippen molar-refractivity contribution in [3.05, 3.63) is 51.8 Å². The molecular weight excluding hydrogens is 330 g/mol. The van der Waals surface area contributed by atoms with Gasteiger partial charge < -0.3 is 10.3 Å². The molecule has 0 fully saturated rings. The fourth-order valence-corrected chi connectivity index (χ4v) is 3.10. The normalized spacial score (nSPS) is 14.4. The standard InChI is InChI=1S/C16H22BrN3O/c1-4-15(18)16(13-7-5-6-8-14(13)17)20(3)10-12-9-11(2)21-19-12/h5-9,15-16H,4,10,18H2,1-3H3. The fraction of sp³-hybridized carbons (Fsp3) is 0.438. The molecule has 21 heavy (non-hydrogen) atoms. The van der Waals surface area contributed by atoms with Crippen LogP contribution < -0.4 is 5.73 Å². The zero-order chi connectivity index (χ0) is 15.4. The Labute approximate surface area is 134 Å². The van der Waals surface area contributed by atoms with Crippen LogP contribution in [0.5, 0.6) is 0 Å². The van der Waals surface area contributed by atoms with Gasteiger partial charge in [-0.15, -0.1) is 0 Å². The van der Waals surface area contributed by atoms with E-state index in [1.54, 1.807) is 0 Å². The van der Waals surface area contributed by atoms with E-state index < -0.39 is 0 Å². The van der Waals surface area contributed by atoms with Crippen molar-refractivity contribution in [3.8, 4) is 0 Å². The number of benzene rings is 1. The Morgan fingerprint density at radius 2 is 2.10 bits per heavy atom. The van der Waals surface area contributed by atoms with E-state index in [0.717, 1.165) is 22.3 Å². The number of hydrogen-bond acceptors (Lipinski definition) is 4. The largest absolute Gasteiger partial charge is 0.361 e. The molecule has 2 rings (SSSR count). The first-order chi connectivity index (χ1) is 10.0. The topological polar surface area (TPSA) is 55.3 Å². The van der Waals surface area contributed by atoms with Crippen molar-refractivity contribution in [3.63, 3.8) is 0 Å². The third kappa shape index (κ3) is 3.93. The van der Waals surface area contributed by atoms with Crippen LogP contribution in [-0.2, 0) is 6.54 Å². The van der Waals surface area contributed by atoms with E-state index >= 15 is 0 Å². The number of nitrogens with zero attached hydrogens (tertiary/aromatic N) is 2. The molecule has 1 aromatic heterocycles. The van der Waals surface area contributed by atoms with Crippen molar-refractivity contribution < 1.29 is 4.52 Å². The highest BCUT2D eigenvalue weighted by atomic mass is 79.9. The van der Waals surface area contributed by atoms with E-state index in [0.29, 0.717) is 6.54 Å². The molecule has 0 bridgehead atoms. The number of aryl methyl sites for hydroxylation is 1. The second-order valence-electron chi connectivity index (χ2n) is 5.38. The van der Waals surface area contributed by atoms with Crippen LogP contribution in [0.15, 0.2) is 39.3 Å². The van der Waals surface area contributed by atoms with Gasteiger partial charge in [0.15, 0.2) is 0 Å². The Morgan fingerprint density at radius 3 is 2.67 bits per heavy atom. The first kappa shape index (κ1) is 16.2. The van der Waals surface area contributed by atoms with Crippen molar-refractivity contribution in [1.29, 1.82) is 0 Å². The molecule has 1 heterocycles. The number of aromatic nitrogens is 1. The van der Waals surface area contributed by atoms with Gasteiger partial charge in [0, 0.05) is 23.1 Å². The molecule has 0 aliphatic rings. The summed E-state index contributed by atoms with van der Waals surface area (Å²) in [6, 6.07) is 10.4. The van der Waals surface area contributed by atoms with Crippen LogP contribution in [0, 0.1) is 6.92 Å². The fourth-order valence-electron chi connectivity index (χ4n) is 2.58. The highest BCUT2D eigenvalue weighted by molar-refractivity contribution is 9.10. The van der Waals surface area contributed by atoms with Crippen LogP contribution in [0.4, 0.5) is 0 Å². The number of halogens is 1. The summed E-state index contributed by atoms with van der Waals surface area (Å²) in [5.41, 5.74) is 8.50. The summed E-state index contributed by atoms with van der Waals surface area (Å²) < 4.78 is 6.23. The smallest absolute Gasteiger partial charge is 0.133 e. The lowest BCUT2D eigenvalue weighted by Crippen LogP contribution is -2.38. The summed E-state index contributed by atoms with van der Waals surface area (Å²) in [4.78, 5) is 2.23. The number of rotatable bonds is 6. The van der Waals surface area contributed by atoms with Crippen molar-refractivity contribution in [2.24, 2.45) is 5.73 Å². The molecule has 0 saturated carbocycles. The first-order valence-corrected chi connectivity index (χ1v) is 7.94. The zero-order valence-corrected chi connectivity index (χ0v) is 14.3. The maximum Gasteiger partial charge on any atom is 0.133 e. The summed E-state index contributed by atoms with van der Waals surface area (Å²) in [6.45, 7) is 4.72. The number of hydrogen-bond donors (Lipinski definition) is 1. The first-order valence-electron chi connectivity index (χ1n) is 7.15. The van der Waals surface area contributed by atoms with E-state index in [1.807, 2.05) is 25.1 Å². The van der Waals surface area contributed by atoms with Crippen molar-refractivity contribution in [1.82, 2.24) is 10.1 Å². The molecule has 0 aliphatic heterocycles. The highest BCUT2D eigenvalue weighted by Crippen LogP contribution is 2.30. The minimum absolute atomic E-state index is 0.0571. The molecule has 0 saturated heterocycles. The van der Waals surface area contributed by atoms with Gasteiger partial charge in [-0.25, -0.2) is 0 Å². The quantitative estimate of drug-likeness (QED) is 0.862. The average Bonchev–Trinajstić information content (AvgIpc) is 2.86. The molecule has 1 aromatic carbocycles. The zero-order valence-electron chi connectivity index (χ0n) is 12.7. The second-order valence-corrected chi connectivity index (χ2v) is 6.24. The average molecular weight is 352 g/mol. The second kappa shape index (κ2) is 7.20. The predicted octanol–water partition coefficient (Wildman–Crippen LogP) is 3.66. The summed E-state index contributed by atoms with van der Waals surface area (Å²) in [7, 11) is 2.07. The van der Waals surface area contributed by atoms with E-state index in [-0.39, 0.29) is 12.1 Å². The SMILES string of the molecule is CCC(N)C(c1ccccc1Br)N(C)Cc1cc(C)on1. The van der Waals surface area contributed by atoms with E-state index in [2.05, 4.69) is 52.1 Å². The monoisotopic (exact) mass is 351 g/mol. The van der Waals surface area contributed by atoms with Crippen LogP contribution in [0.25, 0.3) is 0 Å². The summed E-state index contributed by atoms with van der Waals surface area (Å²) >= 11 is 3.64. The van der Waals surface area contributed by atoms with E-state index in [1.165, 1.54) is 5.56 Å². The molecule has 0 spiro atoms. The third-order valence-electron chi connectivity index (χ3n) is 3.66. The molecule has 0 radical (unpaired) electrons. The summed E-state index contributed by atoms with van der Waals surface area (Å²) in [6.07, 6.45) is 0.911. The van der Waals surface area contributed by atoms with Gasteiger partial charge in [-0.05, 0) is 32.0 Å². The van der Waals surface area contributed by atoms with Gasteiger partial charge in [-0.2, -0.15) is 0 Å². The van der Waals surface area contributed by atoms with Crippen LogP contribution >= 0.6 is 15.9 Å². The lowest BCUT2D eigenvalue weighted by Gasteiger charge is -2.33. The molecule has 2 N–H and O–H groups in total. The maximum absolute atomic E-state index is 6.37. The molecule has 2 aromatic rings. The third-order valence-corrected chi connectivity index (χ3v) is 4.39. The summed E-state index contributed by atoms with van der Waals surface area (Å²) in [5, 5.41) is 4.07. The van der Waals surface area contributed by atoms with Gasteiger partial charge in [0.25, 0.3) is 0 Å². The number of likely N-dealkylation sites (N-methyl/N-ethyl adjacent to an activating group) is 1. The minimum Gasteiger partial charge on any atom is -0.361 e. The molecule has 0 aliphatic carbocycles. The van der Waals surface area contributed by atoms with Crippen LogP contribution in [-0.4, -0.2) is 23.1 Å². The van der Waals surface area contributed by atoms with E-state index in [4.69, 9.17) is 10.3 Å². The van der Waals surface area contributed by atoms with E-state index in [9.17, 15) is 0 Å². The van der Waals surface area contributed by atoms with Crippen molar-refractivity contribution >= 4 is 15.9 Å². The Hall–Kier alpha value is -1.17. The number of nitrogens with two attached hydrogens (primary N) is 1. The van der Waals surface area contributed by atoms with Gasteiger partial charge >= 0.3 is 0 Å². The molecular formula is C16H22BrN3O. The Balaban J connectivity index is 2.25. The maximum atomic E-state index is 6.37. The Morgan fingerprint density at radius 1 is 1.38 bits per heavy atom. The highest BCUT2D eigenvalue weighted by Gasteiger charge is 2.25. The molecule has 2 atom stereocenters. The van der Waals surface area contributed by atoms with Gasteiger partial charge in [0.05, 0.1) is 11.7 Å². The minimum atomic E-state index is 0.0571. The van der Waals surface area contributed by atoms with Crippen molar-refractivity contribution in [2.45, 2.75) is 38.9 Å². The van der Waals surface area contributed by atoms with Gasteiger partial charge in [0.1, 0.15) is 5.76 Å². The van der Waals surface area contributed by atoms with Crippen LogP contribution in [0.3, 0.4) is 0 Å². The summed E-state index contributed by atoms with van der Waals surface area (Å²) in [5.74, 6) is 0.829. The van der Waals surface area contributed by atoms with Gasteiger partial charge in [0.2, 0.25) is 0 Å². The molecule has 5 heteroatoms. The Kier molecular flexibility index (Phi) is 5.56. The molecule has 2 unspecified atom stereocenters.